The van der Waals surface area contributed by atoms with Crippen LogP contribution in [0.1, 0.15) is 84.1 Å². The molecule has 2 aliphatic rings. The molecule has 4 heteroatoms. The van der Waals surface area contributed by atoms with Crippen molar-refractivity contribution in [2.45, 2.75) is 90.3 Å². The van der Waals surface area contributed by atoms with E-state index >= 15 is 0 Å². The zero-order chi connectivity index (χ0) is 21.6. The lowest BCUT2D eigenvalue weighted by Crippen LogP contribution is -2.38. The molecule has 1 N–H and O–H groups in total. The number of aliphatic hydroxyl groups excluding tert-OH is 1. The van der Waals surface area contributed by atoms with Crippen molar-refractivity contribution in [3.05, 3.63) is 47.2 Å². The van der Waals surface area contributed by atoms with E-state index in [9.17, 15) is 9.90 Å². The second-order valence-electron chi connectivity index (χ2n) is 9.67. The van der Waals surface area contributed by atoms with E-state index in [1.807, 2.05) is 30.3 Å². The van der Waals surface area contributed by atoms with Gasteiger partial charge in [-0.15, -0.1) is 0 Å². The predicted molar refractivity (Wildman–Crippen MR) is 119 cm³/mol. The monoisotopic (exact) mass is 414 g/mol. The van der Waals surface area contributed by atoms with Gasteiger partial charge in [0.25, 0.3) is 0 Å². The summed E-state index contributed by atoms with van der Waals surface area (Å²) in [5, 5.41) is 10.9. The molecule has 1 aromatic carbocycles. The van der Waals surface area contributed by atoms with Crippen LogP contribution >= 0.6 is 0 Å². The molecular weight excluding hydrogens is 376 g/mol. The largest absolute Gasteiger partial charge is 0.512 e. The van der Waals surface area contributed by atoms with E-state index in [0.29, 0.717) is 42.8 Å². The van der Waals surface area contributed by atoms with Gasteiger partial charge in [0.15, 0.2) is 0 Å². The van der Waals surface area contributed by atoms with Crippen LogP contribution in [0.4, 0.5) is 0 Å². The Morgan fingerprint density at radius 1 is 1.13 bits per heavy atom. The summed E-state index contributed by atoms with van der Waals surface area (Å²) in [4.78, 5) is 12.9. The number of carbonyl (C=O) groups is 1. The van der Waals surface area contributed by atoms with Crippen LogP contribution in [0.25, 0.3) is 0 Å². The average Bonchev–Trinajstić information content (AvgIpc) is 3.24. The van der Waals surface area contributed by atoms with Crippen molar-refractivity contribution in [3.63, 3.8) is 0 Å². The van der Waals surface area contributed by atoms with Gasteiger partial charge < -0.3 is 14.6 Å². The molecule has 0 bridgehead atoms. The Bertz CT molecular complexity index is 718. The highest BCUT2D eigenvalue weighted by atomic mass is 16.6. The molecule has 1 fully saturated rings. The van der Waals surface area contributed by atoms with Gasteiger partial charge in [0.1, 0.15) is 11.4 Å². The van der Waals surface area contributed by atoms with Gasteiger partial charge in [0, 0.05) is 13.0 Å². The molecule has 166 valence electrons. The summed E-state index contributed by atoms with van der Waals surface area (Å²) in [6.45, 7) is 7.20. The van der Waals surface area contributed by atoms with Crippen LogP contribution in [0, 0.1) is 11.8 Å². The van der Waals surface area contributed by atoms with Crippen molar-refractivity contribution in [1.29, 1.82) is 0 Å². The quantitative estimate of drug-likeness (QED) is 0.447. The molecule has 1 saturated carbocycles. The van der Waals surface area contributed by atoms with Gasteiger partial charge in [-0.1, -0.05) is 63.9 Å². The third-order valence-corrected chi connectivity index (χ3v) is 6.57. The number of aliphatic hydroxyl groups is 1. The molecule has 1 aliphatic carbocycles. The molecule has 0 radical (unpaired) electrons. The molecule has 1 aromatic rings. The van der Waals surface area contributed by atoms with Crippen LogP contribution in [0.15, 0.2) is 41.7 Å². The first-order valence-corrected chi connectivity index (χ1v) is 11.7. The number of hydrogen-bond donors (Lipinski definition) is 1. The van der Waals surface area contributed by atoms with Crippen LogP contribution in [-0.2, 0) is 19.9 Å². The van der Waals surface area contributed by atoms with Crippen molar-refractivity contribution in [2.24, 2.45) is 11.8 Å². The molecule has 4 nitrogen and oxygen atoms in total. The highest BCUT2D eigenvalue weighted by Gasteiger charge is 2.43. The fourth-order valence-electron chi connectivity index (χ4n) is 4.55. The van der Waals surface area contributed by atoms with E-state index in [2.05, 4.69) is 20.8 Å². The van der Waals surface area contributed by atoms with Crippen molar-refractivity contribution in [2.75, 3.05) is 6.61 Å². The van der Waals surface area contributed by atoms with Gasteiger partial charge in [-0.3, -0.25) is 0 Å². The topological polar surface area (TPSA) is 55.8 Å². The Morgan fingerprint density at radius 3 is 2.47 bits per heavy atom. The number of hydrogen-bond acceptors (Lipinski definition) is 4. The summed E-state index contributed by atoms with van der Waals surface area (Å²) in [7, 11) is 0. The lowest BCUT2D eigenvalue weighted by Gasteiger charge is -2.38. The fourth-order valence-corrected chi connectivity index (χ4v) is 4.55. The van der Waals surface area contributed by atoms with Gasteiger partial charge in [0.2, 0.25) is 0 Å². The maximum absolute atomic E-state index is 12.9. The van der Waals surface area contributed by atoms with E-state index in [-0.39, 0.29) is 11.7 Å². The lowest BCUT2D eigenvalue weighted by molar-refractivity contribution is -0.162. The fraction of sp³-hybridized carbons (Fsp3) is 0.654. The predicted octanol–water partition coefficient (Wildman–Crippen LogP) is 6.45. The first-order valence-electron chi connectivity index (χ1n) is 11.7. The number of benzene rings is 1. The summed E-state index contributed by atoms with van der Waals surface area (Å²) in [5.41, 5.74) is 0.634. The average molecular weight is 415 g/mol. The van der Waals surface area contributed by atoms with Gasteiger partial charge in [-0.2, -0.15) is 0 Å². The van der Waals surface area contributed by atoms with Crippen LogP contribution in [-0.4, -0.2) is 23.8 Å². The summed E-state index contributed by atoms with van der Waals surface area (Å²) < 4.78 is 12.1. The number of ether oxygens (including phenoxy) is 2. The number of rotatable bonds is 10. The summed E-state index contributed by atoms with van der Waals surface area (Å²) in [6.07, 6.45) is 8.64. The van der Waals surface area contributed by atoms with Crippen molar-refractivity contribution in [3.8, 4) is 0 Å². The normalized spacial score (nSPS) is 23.8. The molecule has 1 aliphatic heterocycles. The maximum atomic E-state index is 12.9. The molecule has 0 spiro atoms. The van der Waals surface area contributed by atoms with E-state index < -0.39 is 5.60 Å². The van der Waals surface area contributed by atoms with Crippen LogP contribution < -0.4 is 0 Å². The lowest BCUT2D eigenvalue weighted by atomic mass is 9.80. The Labute approximate surface area is 181 Å². The Hall–Kier alpha value is -1.81. The zero-order valence-corrected chi connectivity index (χ0v) is 18.9. The first kappa shape index (κ1) is 22.9. The SMILES string of the molecule is CC(C)CCC1(c2ccccc2)CC(O)=C(CCC(C)COC2CCCC2)C(=O)O1. The number of carbonyl (C=O) groups excluding carboxylic acids is 1. The van der Waals surface area contributed by atoms with E-state index in [4.69, 9.17) is 9.47 Å². The highest BCUT2D eigenvalue weighted by molar-refractivity contribution is 5.90. The Morgan fingerprint density at radius 2 is 1.83 bits per heavy atom. The van der Waals surface area contributed by atoms with Crippen LogP contribution in [0.2, 0.25) is 0 Å². The van der Waals surface area contributed by atoms with Crippen molar-refractivity contribution >= 4 is 5.97 Å². The molecule has 2 unspecified atom stereocenters. The minimum Gasteiger partial charge on any atom is -0.512 e. The number of esters is 1. The summed E-state index contributed by atoms with van der Waals surface area (Å²) >= 11 is 0. The summed E-state index contributed by atoms with van der Waals surface area (Å²) in [6, 6.07) is 9.87. The third kappa shape index (κ3) is 5.87. The Balaban J connectivity index is 1.65. The minimum atomic E-state index is -0.770. The highest BCUT2D eigenvalue weighted by Crippen LogP contribution is 2.43. The van der Waals surface area contributed by atoms with Crippen LogP contribution in [0.3, 0.4) is 0 Å². The zero-order valence-electron chi connectivity index (χ0n) is 18.9. The van der Waals surface area contributed by atoms with E-state index in [1.165, 1.54) is 25.7 Å². The molecule has 2 atom stereocenters. The third-order valence-electron chi connectivity index (χ3n) is 6.57. The second-order valence-corrected chi connectivity index (χ2v) is 9.67. The standard InChI is InChI=1S/C26H38O4/c1-19(2)15-16-26(21-9-5-4-6-10-21)17-24(27)23(25(28)30-26)14-13-20(3)18-29-22-11-7-8-12-22/h4-6,9-10,19-20,22,27H,7-8,11-18H2,1-3H3. The molecule has 0 aromatic heterocycles. The van der Waals surface area contributed by atoms with Gasteiger partial charge in [0.05, 0.1) is 11.7 Å². The van der Waals surface area contributed by atoms with Gasteiger partial charge >= 0.3 is 5.97 Å². The first-order chi connectivity index (χ1) is 14.4. The second kappa shape index (κ2) is 10.5. The number of cyclic esters (lactones) is 1. The summed E-state index contributed by atoms with van der Waals surface area (Å²) in [5.74, 6) is 0.677. The molecule has 1 heterocycles. The van der Waals surface area contributed by atoms with E-state index in [0.717, 1.165) is 25.0 Å². The molecule has 30 heavy (non-hydrogen) atoms. The minimum absolute atomic E-state index is 0.197. The molecule has 0 saturated heterocycles. The molecular formula is C26H38O4. The van der Waals surface area contributed by atoms with Gasteiger partial charge in [-0.05, 0) is 55.9 Å². The van der Waals surface area contributed by atoms with Crippen molar-refractivity contribution < 1.29 is 19.4 Å². The molecule has 0 amide bonds. The van der Waals surface area contributed by atoms with E-state index in [1.54, 1.807) is 0 Å². The van der Waals surface area contributed by atoms with Crippen molar-refractivity contribution in [1.82, 2.24) is 0 Å². The smallest absolute Gasteiger partial charge is 0.338 e. The Kier molecular flexibility index (Phi) is 7.99. The molecule has 3 rings (SSSR count). The maximum Gasteiger partial charge on any atom is 0.338 e. The van der Waals surface area contributed by atoms with Gasteiger partial charge in [-0.25, -0.2) is 4.79 Å². The van der Waals surface area contributed by atoms with Crippen LogP contribution in [0.5, 0.6) is 0 Å².